The second kappa shape index (κ2) is 5.25. The van der Waals surface area contributed by atoms with Gasteiger partial charge in [-0.15, -0.1) is 0 Å². The third kappa shape index (κ3) is 4.40. The van der Waals surface area contributed by atoms with E-state index < -0.39 is 12.0 Å². The highest BCUT2D eigenvalue weighted by molar-refractivity contribution is 6.27. The van der Waals surface area contributed by atoms with Gasteiger partial charge in [0.25, 0.3) is 0 Å². The van der Waals surface area contributed by atoms with Crippen LogP contribution in [0.3, 0.4) is 0 Å². The minimum atomic E-state index is -1.12. The average Bonchev–Trinajstić information content (AvgIpc) is 2.00. The number of Topliss-reactive ketones (excluding diaryl/α,β-unsaturated/α-hetero) is 1. The minimum Gasteiger partial charge on any atom is -0.480 e. The second-order valence-electron chi connectivity index (χ2n) is 2.23. The number of nitrogens with two attached hydrogens (primary N) is 2. The summed E-state index contributed by atoms with van der Waals surface area (Å²) >= 11 is 0. The summed E-state index contributed by atoms with van der Waals surface area (Å²) in [6, 6.07) is -1.000. The highest BCUT2D eigenvalue weighted by Crippen LogP contribution is 1.94. The lowest BCUT2D eigenvalue weighted by molar-refractivity contribution is -0.138. The zero-order chi connectivity index (χ0) is 9.56. The maximum atomic E-state index is 10.7. The van der Waals surface area contributed by atoms with Crippen LogP contribution in [-0.2, 0) is 9.59 Å². The molecule has 1 unspecified atom stereocenters. The van der Waals surface area contributed by atoms with Crippen molar-refractivity contribution in [2.75, 3.05) is 0 Å². The van der Waals surface area contributed by atoms with Crippen LogP contribution in [0.4, 0.5) is 0 Å². The topological polar surface area (TPSA) is 119 Å². The molecule has 1 atom stereocenters. The lowest BCUT2D eigenvalue weighted by Crippen LogP contribution is -2.30. The van der Waals surface area contributed by atoms with Crippen molar-refractivity contribution >= 4 is 18.0 Å². The van der Waals surface area contributed by atoms with Crippen LogP contribution >= 0.6 is 0 Å². The number of carbonyl (C=O) groups excluding carboxylic acids is 1. The van der Waals surface area contributed by atoms with Crippen LogP contribution < -0.4 is 11.6 Å². The third-order valence-electron chi connectivity index (χ3n) is 1.24. The van der Waals surface area contributed by atoms with Crippen molar-refractivity contribution in [2.24, 2.45) is 16.7 Å². The monoisotopic (exact) mass is 173 g/mol. The number of hydrogen-bond donors (Lipinski definition) is 3. The molecule has 68 valence electrons. The van der Waals surface area contributed by atoms with Crippen LogP contribution in [0.5, 0.6) is 0 Å². The summed E-state index contributed by atoms with van der Waals surface area (Å²) in [5.74, 6) is 3.25. The lowest BCUT2D eigenvalue weighted by atomic mass is 10.1. The van der Waals surface area contributed by atoms with Gasteiger partial charge < -0.3 is 16.7 Å². The number of hydrazone groups is 1. The van der Waals surface area contributed by atoms with Gasteiger partial charge in [0.1, 0.15) is 6.04 Å². The molecule has 6 heteroatoms. The Morgan fingerprint density at radius 3 is 2.58 bits per heavy atom. The normalized spacial score (nSPS) is 13.1. The maximum Gasteiger partial charge on any atom is 0.320 e. The fraction of sp³-hybridized carbons (Fsp3) is 0.500. The van der Waals surface area contributed by atoms with Crippen molar-refractivity contribution < 1.29 is 14.7 Å². The van der Waals surface area contributed by atoms with Gasteiger partial charge in [-0.2, -0.15) is 5.10 Å². The third-order valence-corrected chi connectivity index (χ3v) is 1.24. The molecule has 0 spiro atoms. The lowest BCUT2D eigenvalue weighted by Gasteiger charge is -2.02. The van der Waals surface area contributed by atoms with Crippen molar-refractivity contribution in [3.63, 3.8) is 0 Å². The van der Waals surface area contributed by atoms with Crippen molar-refractivity contribution in [2.45, 2.75) is 18.9 Å². The number of nitrogens with zero attached hydrogens (tertiary/aromatic N) is 1. The van der Waals surface area contributed by atoms with Crippen molar-refractivity contribution in [3.8, 4) is 0 Å². The number of rotatable bonds is 5. The van der Waals surface area contributed by atoms with Gasteiger partial charge in [0, 0.05) is 6.42 Å². The number of carboxylic acid groups (broad SMARTS) is 1. The van der Waals surface area contributed by atoms with Gasteiger partial charge in [-0.3, -0.25) is 9.59 Å². The van der Waals surface area contributed by atoms with E-state index in [0.29, 0.717) is 0 Å². The summed E-state index contributed by atoms with van der Waals surface area (Å²) in [7, 11) is 0. The first-order valence-electron chi connectivity index (χ1n) is 3.32. The van der Waals surface area contributed by atoms with Gasteiger partial charge >= 0.3 is 5.97 Å². The molecule has 0 aromatic rings. The number of ketones is 1. The van der Waals surface area contributed by atoms with Crippen LogP contribution in [-0.4, -0.2) is 29.1 Å². The van der Waals surface area contributed by atoms with Crippen molar-refractivity contribution in [1.29, 1.82) is 0 Å². The molecule has 0 amide bonds. The van der Waals surface area contributed by atoms with Crippen molar-refractivity contribution in [3.05, 3.63) is 0 Å². The van der Waals surface area contributed by atoms with Gasteiger partial charge in [0.15, 0.2) is 5.78 Å². The van der Waals surface area contributed by atoms with Gasteiger partial charge in [-0.25, -0.2) is 0 Å². The first-order valence-corrected chi connectivity index (χ1v) is 3.32. The number of aliphatic carboxylic acids is 1. The minimum absolute atomic E-state index is 0.0498. The van der Waals surface area contributed by atoms with Crippen molar-refractivity contribution in [1.82, 2.24) is 0 Å². The van der Waals surface area contributed by atoms with E-state index in [4.69, 9.17) is 16.7 Å². The molecule has 0 aliphatic heterocycles. The molecule has 6 nitrogen and oxygen atoms in total. The summed E-state index contributed by atoms with van der Waals surface area (Å²) in [5.41, 5.74) is 5.13. The SMILES string of the molecule is NN=CC(=O)CCC(N)C(=O)O. The van der Waals surface area contributed by atoms with Gasteiger partial charge in [-0.1, -0.05) is 0 Å². The molecule has 0 aromatic heterocycles. The first-order chi connectivity index (χ1) is 5.57. The molecule has 12 heavy (non-hydrogen) atoms. The summed E-state index contributed by atoms with van der Waals surface area (Å²) in [4.78, 5) is 20.9. The Morgan fingerprint density at radius 2 is 2.17 bits per heavy atom. The Kier molecular flexibility index (Phi) is 4.62. The fourth-order valence-corrected chi connectivity index (χ4v) is 0.569. The van der Waals surface area contributed by atoms with Crippen LogP contribution in [0.25, 0.3) is 0 Å². The molecule has 0 aliphatic rings. The average molecular weight is 173 g/mol. The van der Waals surface area contributed by atoms with Gasteiger partial charge in [-0.05, 0) is 6.42 Å². The Morgan fingerprint density at radius 1 is 1.58 bits per heavy atom. The Labute approximate surface area is 69.2 Å². The van der Waals surface area contributed by atoms with E-state index in [9.17, 15) is 9.59 Å². The van der Waals surface area contributed by atoms with Crippen LogP contribution in [0.2, 0.25) is 0 Å². The molecule has 5 N–H and O–H groups in total. The van der Waals surface area contributed by atoms with E-state index in [2.05, 4.69) is 5.10 Å². The molecule has 0 saturated heterocycles. The molecule has 0 rings (SSSR count). The number of carboxylic acids is 1. The smallest absolute Gasteiger partial charge is 0.320 e. The molecular weight excluding hydrogens is 162 g/mol. The van der Waals surface area contributed by atoms with Gasteiger partial charge in [0.05, 0.1) is 6.21 Å². The van der Waals surface area contributed by atoms with E-state index >= 15 is 0 Å². The molecular formula is C6H11N3O3. The highest BCUT2D eigenvalue weighted by Gasteiger charge is 2.12. The Hall–Kier alpha value is -1.43. The fourth-order valence-electron chi connectivity index (χ4n) is 0.569. The zero-order valence-electron chi connectivity index (χ0n) is 6.43. The predicted molar refractivity (Wildman–Crippen MR) is 42.5 cm³/mol. The van der Waals surface area contributed by atoms with Gasteiger partial charge in [0.2, 0.25) is 0 Å². The molecule has 0 bridgehead atoms. The molecule has 0 aliphatic carbocycles. The predicted octanol–water partition coefficient (Wildman–Crippen LogP) is -1.31. The van der Waals surface area contributed by atoms with E-state index in [-0.39, 0.29) is 18.6 Å². The van der Waals surface area contributed by atoms with E-state index in [1.165, 1.54) is 0 Å². The summed E-state index contributed by atoms with van der Waals surface area (Å²) < 4.78 is 0. The maximum absolute atomic E-state index is 10.7. The van der Waals surface area contributed by atoms with Crippen LogP contribution in [0.15, 0.2) is 5.10 Å². The second-order valence-corrected chi connectivity index (χ2v) is 2.23. The number of hydrogen-bond acceptors (Lipinski definition) is 5. The number of carbonyl (C=O) groups is 2. The molecule has 0 radical (unpaired) electrons. The molecule has 0 fully saturated rings. The highest BCUT2D eigenvalue weighted by atomic mass is 16.4. The van der Waals surface area contributed by atoms with E-state index in [1.807, 2.05) is 0 Å². The summed E-state index contributed by atoms with van der Waals surface area (Å²) in [5, 5.41) is 11.3. The summed E-state index contributed by atoms with van der Waals surface area (Å²) in [6.45, 7) is 0. The zero-order valence-corrected chi connectivity index (χ0v) is 6.43. The largest absolute Gasteiger partial charge is 0.480 e. The van der Waals surface area contributed by atoms with E-state index in [1.54, 1.807) is 0 Å². The first kappa shape index (κ1) is 10.6. The molecule has 0 heterocycles. The quantitative estimate of drug-likeness (QED) is 0.271. The standard InChI is InChI=1S/C6H11N3O3/c7-5(6(11)12)2-1-4(10)3-9-8/h3,5H,1-2,7-8H2,(H,11,12). The Balaban J connectivity index is 3.68. The Bertz CT molecular complexity index is 202. The summed E-state index contributed by atoms with van der Waals surface area (Å²) in [6.07, 6.45) is 1.09. The molecule has 0 aromatic carbocycles. The van der Waals surface area contributed by atoms with Crippen LogP contribution in [0, 0.1) is 0 Å². The van der Waals surface area contributed by atoms with E-state index in [0.717, 1.165) is 6.21 Å². The molecule has 0 saturated carbocycles. The van der Waals surface area contributed by atoms with Crippen LogP contribution in [0.1, 0.15) is 12.8 Å².